The zero-order chi connectivity index (χ0) is 29.2. The van der Waals surface area contributed by atoms with E-state index in [0.29, 0.717) is 18.4 Å². The Morgan fingerprint density at radius 1 is 0.975 bits per heavy atom. The molecule has 1 amide bonds. The van der Waals surface area contributed by atoms with Gasteiger partial charge in [0.25, 0.3) is 0 Å². The molecule has 1 saturated heterocycles. The monoisotopic (exact) mass is 584 g/mol. The standard InChI is InChI=1S/C29H39F3N2O5S/c1-3-24(9-6-8-20-34-19-7-4-5-10-28(34)35)33-22(2)21-23-11-13-26(14-12-23)39-40(36,37)27-17-15-25(16-18-27)38-29(30,31)32/h11-18,22,24,33H,3-10,19-21H2,1-2H3. The van der Waals surface area contributed by atoms with E-state index >= 15 is 0 Å². The van der Waals surface area contributed by atoms with Crippen molar-refractivity contribution < 1.29 is 35.3 Å². The SMILES string of the molecule is CCC(CCCCN1CCCCCC1=O)NC(C)Cc1ccc(OS(=O)(=O)c2ccc(OC(F)(F)F)cc2)cc1. The van der Waals surface area contributed by atoms with E-state index in [0.717, 1.165) is 94.3 Å². The minimum atomic E-state index is -4.86. The number of carbonyl (C=O) groups is 1. The molecular weight excluding hydrogens is 545 g/mol. The molecule has 1 aliphatic rings. The minimum Gasteiger partial charge on any atom is -0.406 e. The van der Waals surface area contributed by atoms with Gasteiger partial charge in [0.1, 0.15) is 16.4 Å². The summed E-state index contributed by atoms with van der Waals surface area (Å²) in [4.78, 5) is 13.9. The van der Waals surface area contributed by atoms with Crippen LogP contribution in [0.3, 0.4) is 0 Å². The van der Waals surface area contributed by atoms with Crippen LogP contribution in [0.15, 0.2) is 53.4 Å². The van der Waals surface area contributed by atoms with Gasteiger partial charge >= 0.3 is 16.5 Å². The first-order chi connectivity index (χ1) is 18.9. The Balaban J connectivity index is 1.44. The molecule has 11 heteroatoms. The molecule has 1 aliphatic heterocycles. The normalized spacial score (nSPS) is 16.3. The number of nitrogens with one attached hydrogen (secondary N) is 1. The minimum absolute atomic E-state index is 0.106. The smallest absolute Gasteiger partial charge is 0.406 e. The van der Waals surface area contributed by atoms with Gasteiger partial charge in [-0.25, -0.2) is 0 Å². The number of ether oxygens (including phenoxy) is 1. The maximum Gasteiger partial charge on any atom is 0.573 e. The van der Waals surface area contributed by atoms with Crippen LogP contribution < -0.4 is 14.2 Å². The van der Waals surface area contributed by atoms with E-state index < -0.39 is 22.2 Å². The third kappa shape index (κ3) is 10.6. The summed E-state index contributed by atoms with van der Waals surface area (Å²) in [7, 11) is -4.22. The highest BCUT2D eigenvalue weighted by Crippen LogP contribution is 2.25. The number of benzene rings is 2. The molecule has 2 aromatic rings. The topological polar surface area (TPSA) is 84.9 Å². The van der Waals surface area contributed by atoms with Crippen molar-refractivity contribution >= 4 is 16.0 Å². The fourth-order valence-corrected chi connectivity index (χ4v) is 5.78. The number of hydrogen-bond acceptors (Lipinski definition) is 6. The largest absolute Gasteiger partial charge is 0.573 e. The summed E-state index contributed by atoms with van der Waals surface area (Å²) in [5, 5.41) is 3.68. The summed E-state index contributed by atoms with van der Waals surface area (Å²) in [6, 6.07) is 11.1. The van der Waals surface area contributed by atoms with Crippen LogP contribution in [0, 0.1) is 0 Å². The van der Waals surface area contributed by atoms with Crippen molar-refractivity contribution in [3.05, 3.63) is 54.1 Å². The molecule has 3 rings (SSSR count). The lowest BCUT2D eigenvalue weighted by Gasteiger charge is -2.24. The molecule has 1 heterocycles. The summed E-state index contributed by atoms with van der Waals surface area (Å²) in [5.41, 5.74) is 1.01. The molecule has 7 nitrogen and oxygen atoms in total. The predicted molar refractivity (Wildman–Crippen MR) is 147 cm³/mol. The molecule has 1 fully saturated rings. The van der Waals surface area contributed by atoms with E-state index in [2.05, 4.69) is 23.9 Å². The predicted octanol–water partition coefficient (Wildman–Crippen LogP) is 6.23. The Labute approximate surface area is 235 Å². The van der Waals surface area contributed by atoms with Crippen molar-refractivity contribution in [3.63, 3.8) is 0 Å². The molecule has 2 aromatic carbocycles. The molecule has 0 aromatic heterocycles. The average molecular weight is 585 g/mol. The Kier molecular flexibility index (Phi) is 11.7. The van der Waals surface area contributed by atoms with E-state index in [1.165, 1.54) is 0 Å². The van der Waals surface area contributed by atoms with Gasteiger partial charge in [-0.1, -0.05) is 31.9 Å². The second-order valence-corrected chi connectivity index (χ2v) is 11.8. The Morgan fingerprint density at radius 3 is 2.30 bits per heavy atom. The lowest BCUT2D eigenvalue weighted by atomic mass is 10.0. The Bertz CT molecular complexity index is 1170. The van der Waals surface area contributed by atoms with Crippen LogP contribution in [-0.4, -0.2) is 50.8 Å². The fraction of sp³-hybridized carbons (Fsp3) is 0.552. The van der Waals surface area contributed by atoms with Crippen LogP contribution in [0.4, 0.5) is 13.2 Å². The van der Waals surface area contributed by atoms with Gasteiger partial charge in [-0.2, -0.15) is 8.42 Å². The van der Waals surface area contributed by atoms with Crippen LogP contribution in [0.25, 0.3) is 0 Å². The first-order valence-electron chi connectivity index (χ1n) is 13.9. The molecular formula is C29H39F3N2O5S. The number of likely N-dealkylation sites (tertiary alicyclic amines) is 1. The zero-order valence-corrected chi connectivity index (χ0v) is 23.9. The number of rotatable bonds is 14. The van der Waals surface area contributed by atoms with E-state index in [1.807, 2.05) is 4.90 Å². The summed E-state index contributed by atoms with van der Waals surface area (Å²) in [6.07, 6.45) is 3.90. The lowest BCUT2D eigenvalue weighted by Crippen LogP contribution is -2.37. The number of alkyl halides is 3. The molecule has 0 aliphatic carbocycles. The van der Waals surface area contributed by atoms with Crippen molar-refractivity contribution in [2.75, 3.05) is 13.1 Å². The molecule has 0 bridgehead atoms. The second kappa shape index (κ2) is 14.7. The summed E-state index contributed by atoms with van der Waals surface area (Å²) >= 11 is 0. The Morgan fingerprint density at radius 2 is 1.65 bits per heavy atom. The highest BCUT2D eigenvalue weighted by Gasteiger charge is 2.31. The first-order valence-corrected chi connectivity index (χ1v) is 15.3. The molecule has 2 unspecified atom stereocenters. The molecule has 0 radical (unpaired) electrons. The number of amides is 1. The zero-order valence-electron chi connectivity index (χ0n) is 23.1. The Hall–Kier alpha value is -2.79. The molecule has 0 saturated carbocycles. The van der Waals surface area contributed by atoms with Crippen molar-refractivity contribution in [2.24, 2.45) is 0 Å². The molecule has 40 heavy (non-hydrogen) atoms. The third-order valence-electron chi connectivity index (χ3n) is 6.93. The van der Waals surface area contributed by atoms with Gasteiger partial charge in [0, 0.05) is 31.6 Å². The summed E-state index contributed by atoms with van der Waals surface area (Å²) in [5.74, 6) is -0.124. The highest BCUT2D eigenvalue weighted by molar-refractivity contribution is 7.87. The van der Waals surface area contributed by atoms with Crippen molar-refractivity contribution in [3.8, 4) is 11.5 Å². The average Bonchev–Trinajstić information content (AvgIpc) is 3.10. The number of unbranched alkanes of at least 4 members (excludes halogenated alkanes) is 1. The highest BCUT2D eigenvalue weighted by atomic mass is 32.2. The van der Waals surface area contributed by atoms with Crippen molar-refractivity contribution in [1.82, 2.24) is 10.2 Å². The molecule has 222 valence electrons. The molecule has 2 atom stereocenters. The van der Waals surface area contributed by atoms with Gasteiger partial charge in [0.05, 0.1) is 0 Å². The van der Waals surface area contributed by atoms with E-state index in [-0.39, 0.29) is 16.7 Å². The van der Waals surface area contributed by atoms with Gasteiger partial charge in [0.2, 0.25) is 5.91 Å². The quantitative estimate of drug-likeness (QED) is 0.210. The first kappa shape index (κ1) is 31.7. The lowest BCUT2D eigenvalue weighted by molar-refractivity contribution is -0.274. The van der Waals surface area contributed by atoms with Crippen LogP contribution in [0.2, 0.25) is 0 Å². The van der Waals surface area contributed by atoms with Gasteiger partial charge in [-0.3, -0.25) is 4.79 Å². The summed E-state index contributed by atoms with van der Waals surface area (Å²) in [6.45, 7) is 5.99. The van der Waals surface area contributed by atoms with Gasteiger partial charge in [-0.15, -0.1) is 13.2 Å². The number of halogens is 3. The maximum absolute atomic E-state index is 12.5. The summed E-state index contributed by atoms with van der Waals surface area (Å²) < 4.78 is 70.9. The van der Waals surface area contributed by atoms with Gasteiger partial charge < -0.3 is 19.1 Å². The van der Waals surface area contributed by atoms with Crippen LogP contribution >= 0.6 is 0 Å². The molecule has 1 N–H and O–H groups in total. The number of nitrogens with zero attached hydrogens (tertiary/aromatic N) is 1. The van der Waals surface area contributed by atoms with Crippen molar-refractivity contribution in [1.29, 1.82) is 0 Å². The van der Waals surface area contributed by atoms with E-state index in [9.17, 15) is 26.4 Å². The van der Waals surface area contributed by atoms with Crippen LogP contribution in [0.1, 0.15) is 70.8 Å². The van der Waals surface area contributed by atoms with Gasteiger partial charge in [0.15, 0.2) is 0 Å². The van der Waals surface area contributed by atoms with E-state index in [4.69, 9.17) is 4.18 Å². The van der Waals surface area contributed by atoms with Crippen LogP contribution in [0.5, 0.6) is 11.5 Å². The third-order valence-corrected chi connectivity index (χ3v) is 8.19. The van der Waals surface area contributed by atoms with Crippen molar-refractivity contribution in [2.45, 2.75) is 95.0 Å². The number of hydrogen-bond donors (Lipinski definition) is 1. The van der Waals surface area contributed by atoms with Gasteiger partial charge in [-0.05, 0) is 87.4 Å². The van der Waals surface area contributed by atoms with E-state index in [1.54, 1.807) is 24.3 Å². The van der Waals surface area contributed by atoms with Crippen LogP contribution in [-0.2, 0) is 21.3 Å². The second-order valence-electron chi connectivity index (χ2n) is 10.3. The molecule has 0 spiro atoms. The fourth-order valence-electron chi connectivity index (χ4n) is 4.85. The maximum atomic E-state index is 12.5. The number of carbonyl (C=O) groups excluding carboxylic acids is 1.